The molecule has 0 fully saturated rings. The van der Waals surface area contributed by atoms with E-state index >= 15 is 0 Å². The van der Waals surface area contributed by atoms with E-state index in [2.05, 4.69) is 6.92 Å². The van der Waals surface area contributed by atoms with Crippen molar-refractivity contribution in [3.8, 4) is 0 Å². The molecule has 0 aromatic rings. The summed E-state index contributed by atoms with van der Waals surface area (Å²) in [6, 6.07) is 0. The van der Waals surface area contributed by atoms with Crippen LogP contribution in [0, 0.1) is 0 Å². The Hall–Kier alpha value is 0.120. The molecule has 0 rings (SSSR count). The minimum absolute atomic E-state index is 0. The van der Waals surface area contributed by atoms with Gasteiger partial charge in [0.25, 0.3) is 0 Å². The van der Waals surface area contributed by atoms with Crippen LogP contribution in [0.4, 0.5) is 0 Å². The van der Waals surface area contributed by atoms with Gasteiger partial charge in [0.2, 0.25) is 0 Å². The van der Waals surface area contributed by atoms with Crippen LogP contribution in [-0.2, 0) is 10.3 Å². The topological polar surface area (TPSA) is 77.8 Å². The fourth-order valence-corrected chi connectivity index (χ4v) is 1.33. The van der Waals surface area contributed by atoms with Gasteiger partial charge in [-0.15, -0.1) is 12.4 Å². The number of rotatable bonds is 7. The lowest BCUT2D eigenvalue weighted by molar-refractivity contribution is -0.00787. The Balaban J connectivity index is 0. The van der Waals surface area contributed by atoms with Crippen molar-refractivity contribution in [3.05, 3.63) is 0 Å². The first-order chi connectivity index (χ1) is 5.98. The molecule has 0 aliphatic rings. The Kier molecular flexibility index (Phi) is 9.96. The minimum Gasteiger partial charge on any atom is -0.298 e. The lowest BCUT2D eigenvalue weighted by Gasteiger charge is -2.09. The van der Waals surface area contributed by atoms with Gasteiger partial charge < -0.3 is 0 Å². The lowest BCUT2D eigenvalue weighted by Crippen LogP contribution is -2.27. The fraction of sp³-hybridized carbons (Fsp3) is 1.00. The zero-order chi connectivity index (χ0) is 10.3. The van der Waals surface area contributed by atoms with Gasteiger partial charge in [-0.25, -0.2) is 0 Å². The maximum Gasteiger partial charge on any atom is 0.358 e. The molecule has 0 unspecified atom stereocenters. The third-order valence-electron chi connectivity index (χ3n) is 1.72. The van der Waals surface area contributed by atoms with Gasteiger partial charge in [-0.1, -0.05) is 37.1 Å². The number of hydrogen-bond acceptors (Lipinski definition) is 3. The third-order valence-corrected chi connectivity index (χ3v) is 2.43. The molecule has 7 heteroatoms. The molecule has 0 aliphatic carbocycles. The summed E-state index contributed by atoms with van der Waals surface area (Å²) >= 11 is 0. The normalized spacial score (nSPS) is 11.4. The average Bonchev–Trinajstić information content (AvgIpc) is 2.02. The largest absolute Gasteiger partial charge is 0.358 e. The van der Waals surface area contributed by atoms with E-state index in [9.17, 15) is 8.42 Å². The maximum atomic E-state index is 10.3. The summed E-state index contributed by atoms with van der Waals surface area (Å²) in [5.74, 6) is 0. The molecule has 14 heavy (non-hydrogen) atoms. The molecule has 0 aromatic heterocycles. The zero-order valence-electron chi connectivity index (χ0n) is 8.22. The molecule has 88 valence electrons. The predicted molar refractivity (Wildman–Crippen MR) is 56.0 cm³/mol. The summed E-state index contributed by atoms with van der Waals surface area (Å²) in [5, 5.41) is 8.74. The van der Waals surface area contributed by atoms with E-state index in [0.717, 1.165) is 25.7 Å². The quantitative estimate of drug-likeness (QED) is 0.409. The second kappa shape index (κ2) is 8.43. The molecule has 0 aliphatic heterocycles. The Labute approximate surface area is 91.4 Å². The van der Waals surface area contributed by atoms with Crippen LogP contribution in [-0.4, -0.2) is 29.2 Å². The van der Waals surface area contributed by atoms with E-state index in [1.54, 1.807) is 0 Å². The summed E-state index contributed by atoms with van der Waals surface area (Å²) in [6.45, 7) is 2.04. The number of halogens is 1. The van der Waals surface area contributed by atoms with Crippen molar-refractivity contribution in [1.82, 2.24) is 4.47 Å². The van der Waals surface area contributed by atoms with E-state index < -0.39 is 10.3 Å². The van der Waals surface area contributed by atoms with E-state index in [1.165, 1.54) is 0 Å². The molecule has 0 heterocycles. The van der Waals surface area contributed by atoms with Gasteiger partial charge in [-0.3, -0.25) is 9.76 Å². The van der Waals surface area contributed by atoms with Crippen LogP contribution in [0.3, 0.4) is 0 Å². The molecule has 0 radical (unpaired) electrons. The molecule has 2 N–H and O–H groups in total. The first-order valence-electron chi connectivity index (χ1n) is 4.42. The van der Waals surface area contributed by atoms with Crippen LogP contribution in [0.25, 0.3) is 0 Å². The van der Waals surface area contributed by atoms with Crippen molar-refractivity contribution in [1.29, 1.82) is 0 Å². The Morgan fingerprint density at radius 2 is 1.64 bits per heavy atom. The van der Waals surface area contributed by atoms with Crippen LogP contribution >= 0.6 is 12.4 Å². The molecule has 0 atom stereocenters. The standard InChI is InChI=1S/C7H17NO4S.ClH/c1-2-3-4-5-6-7-8(9)13(10,11)12;/h9H,2-7H2,1H3,(H,10,11,12);1H. The zero-order valence-corrected chi connectivity index (χ0v) is 9.85. The van der Waals surface area contributed by atoms with Gasteiger partial charge in [0.05, 0.1) is 0 Å². The summed E-state index contributed by atoms with van der Waals surface area (Å²) < 4.78 is 28.9. The summed E-state index contributed by atoms with van der Waals surface area (Å²) in [4.78, 5) is 0. The monoisotopic (exact) mass is 247 g/mol. The predicted octanol–water partition coefficient (Wildman–Crippen LogP) is 1.87. The first-order valence-corrected chi connectivity index (χ1v) is 5.82. The highest BCUT2D eigenvalue weighted by Gasteiger charge is 2.14. The molecule has 0 bridgehead atoms. The number of nitrogens with zero attached hydrogens (tertiary/aromatic N) is 1. The summed E-state index contributed by atoms with van der Waals surface area (Å²) in [5.41, 5.74) is 0. The van der Waals surface area contributed by atoms with Crippen molar-refractivity contribution >= 4 is 22.7 Å². The van der Waals surface area contributed by atoms with Crippen molar-refractivity contribution in [2.75, 3.05) is 6.54 Å². The lowest BCUT2D eigenvalue weighted by atomic mass is 10.2. The molecule has 5 nitrogen and oxygen atoms in total. The van der Waals surface area contributed by atoms with Crippen molar-refractivity contribution in [3.63, 3.8) is 0 Å². The maximum absolute atomic E-state index is 10.3. The average molecular weight is 248 g/mol. The summed E-state index contributed by atoms with van der Waals surface area (Å²) in [6.07, 6.45) is 4.67. The van der Waals surface area contributed by atoms with E-state index in [1.807, 2.05) is 0 Å². The number of hydrogen-bond donors (Lipinski definition) is 2. The van der Waals surface area contributed by atoms with Crippen LogP contribution in [0.1, 0.15) is 39.0 Å². The Morgan fingerprint density at radius 3 is 2.07 bits per heavy atom. The van der Waals surface area contributed by atoms with Gasteiger partial charge in [0.15, 0.2) is 0 Å². The first kappa shape index (κ1) is 16.5. The molecule has 0 saturated heterocycles. The van der Waals surface area contributed by atoms with Gasteiger partial charge >= 0.3 is 10.3 Å². The molecule has 0 spiro atoms. The van der Waals surface area contributed by atoms with Crippen molar-refractivity contribution in [2.24, 2.45) is 0 Å². The third kappa shape index (κ3) is 8.71. The van der Waals surface area contributed by atoms with Crippen LogP contribution < -0.4 is 0 Å². The molecule has 0 amide bonds. The second-order valence-electron chi connectivity index (χ2n) is 2.94. The Morgan fingerprint density at radius 1 is 1.14 bits per heavy atom. The summed E-state index contributed by atoms with van der Waals surface area (Å²) in [7, 11) is -4.41. The van der Waals surface area contributed by atoms with Gasteiger partial charge in [0.1, 0.15) is 0 Å². The fourth-order valence-electron chi connectivity index (χ4n) is 0.966. The second-order valence-corrected chi connectivity index (χ2v) is 4.25. The van der Waals surface area contributed by atoms with Gasteiger partial charge in [-0.2, -0.15) is 8.42 Å². The minimum atomic E-state index is -4.41. The van der Waals surface area contributed by atoms with Crippen molar-refractivity contribution in [2.45, 2.75) is 39.0 Å². The smallest absolute Gasteiger partial charge is 0.298 e. The van der Waals surface area contributed by atoms with E-state index in [-0.39, 0.29) is 23.4 Å². The molecule has 0 saturated carbocycles. The van der Waals surface area contributed by atoms with Crippen molar-refractivity contribution < 1.29 is 18.2 Å². The van der Waals surface area contributed by atoms with Crippen LogP contribution in [0.15, 0.2) is 0 Å². The molecule has 0 aromatic carbocycles. The van der Waals surface area contributed by atoms with Crippen LogP contribution in [0.2, 0.25) is 0 Å². The molecular weight excluding hydrogens is 230 g/mol. The number of hydroxylamine groups is 1. The Bertz CT molecular complexity index is 220. The highest BCUT2D eigenvalue weighted by molar-refractivity contribution is 7.83. The van der Waals surface area contributed by atoms with E-state index in [4.69, 9.17) is 9.76 Å². The molecular formula is C7H18ClNO4S. The van der Waals surface area contributed by atoms with Crippen LogP contribution in [0.5, 0.6) is 0 Å². The SMILES string of the molecule is CCCCCCCN(O)S(=O)(=O)O.Cl. The number of unbranched alkanes of at least 4 members (excludes halogenated alkanes) is 4. The van der Waals surface area contributed by atoms with E-state index in [0.29, 0.717) is 6.42 Å². The highest BCUT2D eigenvalue weighted by atomic mass is 35.5. The van der Waals surface area contributed by atoms with Gasteiger partial charge in [-0.05, 0) is 6.42 Å². The highest BCUT2D eigenvalue weighted by Crippen LogP contribution is 2.04. The van der Waals surface area contributed by atoms with Gasteiger partial charge in [0, 0.05) is 6.54 Å².